The van der Waals surface area contributed by atoms with Crippen molar-refractivity contribution in [2.24, 2.45) is 4.99 Å². The fraction of sp³-hybridized carbons (Fsp3) is 0.0800. The number of allylic oxidation sites excluding steroid dienone is 4. The van der Waals surface area contributed by atoms with Gasteiger partial charge in [-0.3, -0.25) is 4.99 Å². The van der Waals surface area contributed by atoms with Crippen molar-refractivity contribution in [3.63, 3.8) is 0 Å². The molecule has 0 saturated carbocycles. The first-order valence-electron chi connectivity index (χ1n) is 19.0. The third kappa shape index (κ3) is 5.73. The van der Waals surface area contributed by atoms with E-state index >= 15 is 0 Å². The number of aliphatic imine (C=N–C) groups is 1. The predicted molar refractivity (Wildman–Crippen MR) is 231 cm³/mol. The summed E-state index contributed by atoms with van der Waals surface area (Å²) in [6.07, 6.45) is 24.3. The third-order valence-electron chi connectivity index (χ3n) is 11.3. The molecule has 5 heteroatoms. The van der Waals surface area contributed by atoms with E-state index < -0.39 is 0 Å². The van der Waals surface area contributed by atoms with E-state index in [2.05, 4.69) is 197 Å². The van der Waals surface area contributed by atoms with Crippen LogP contribution < -0.4 is 16.0 Å². The molecule has 5 aliphatic rings. The van der Waals surface area contributed by atoms with Crippen LogP contribution in [0, 0.1) is 0 Å². The number of dihydropyridines is 1. The molecule has 0 spiro atoms. The van der Waals surface area contributed by atoms with Crippen molar-refractivity contribution in [3.05, 3.63) is 197 Å². The molecule has 3 unspecified atom stereocenters. The van der Waals surface area contributed by atoms with E-state index in [0.717, 1.165) is 62.6 Å². The van der Waals surface area contributed by atoms with Crippen LogP contribution in [0.5, 0.6) is 0 Å². The Balaban J connectivity index is 0.840. The van der Waals surface area contributed by atoms with Gasteiger partial charge in [-0.1, -0.05) is 140 Å². The Morgan fingerprint density at radius 2 is 1.35 bits per heavy atom. The van der Waals surface area contributed by atoms with E-state index in [-0.39, 0.29) is 18.1 Å². The van der Waals surface area contributed by atoms with Crippen LogP contribution in [0.4, 0.5) is 11.4 Å². The molecule has 0 saturated heterocycles. The Labute approximate surface area is 320 Å². The first-order valence-corrected chi connectivity index (χ1v) is 19.0. The zero-order valence-corrected chi connectivity index (χ0v) is 30.1. The normalized spacial score (nSPS) is 20.3. The van der Waals surface area contributed by atoms with Gasteiger partial charge in [0, 0.05) is 22.3 Å². The fourth-order valence-corrected chi connectivity index (χ4v) is 8.34. The summed E-state index contributed by atoms with van der Waals surface area (Å²) in [7, 11) is 0. The number of aromatic nitrogens is 1. The minimum absolute atomic E-state index is 0.0883. The maximum absolute atomic E-state index is 5.25. The van der Waals surface area contributed by atoms with Crippen molar-refractivity contribution in [1.29, 1.82) is 0 Å². The van der Waals surface area contributed by atoms with Gasteiger partial charge in [0.05, 0.1) is 47.3 Å². The molecule has 3 atom stereocenters. The van der Waals surface area contributed by atoms with Crippen molar-refractivity contribution in [2.75, 3.05) is 17.2 Å². The van der Waals surface area contributed by atoms with Crippen LogP contribution in [0.3, 0.4) is 0 Å². The van der Waals surface area contributed by atoms with Gasteiger partial charge in [-0.2, -0.15) is 0 Å². The summed E-state index contributed by atoms with van der Waals surface area (Å²) >= 11 is 0. The summed E-state index contributed by atoms with van der Waals surface area (Å²) in [6.45, 7) is 0.768. The van der Waals surface area contributed by atoms with Gasteiger partial charge in [-0.25, -0.2) is 4.98 Å². The number of anilines is 2. The van der Waals surface area contributed by atoms with Crippen LogP contribution in [0.2, 0.25) is 0 Å². The molecular formula is C50H37N5. The topological polar surface area (TPSA) is 61.3 Å². The predicted octanol–water partition coefficient (Wildman–Crippen LogP) is 10.9. The van der Waals surface area contributed by atoms with Crippen LogP contribution in [0.25, 0.3) is 56.4 Å². The highest BCUT2D eigenvalue weighted by Crippen LogP contribution is 2.37. The lowest BCUT2D eigenvalue weighted by Gasteiger charge is -2.28. The smallest absolute Gasteiger partial charge is 0.0947 e. The minimum atomic E-state index is 0.0883. The number of benzene rings is 5. The number of nitrogens with zero attached hydrogens (tertiary/aromatic N) is 2. The van der Waals surface area contributed by atoms with Crippen molar-refractivity contribution in [2.45, 2.75) is 18.1 Å². The van der Waals surface area contributed by atoms with E-state index in [1.165, 1.54) is 38.6 Å². The van der Waals surface area contributed by atoms with E-state index in [9.17, 15) is 0 Å². The monoisotopic (exact) mass is 707 g/mol. The molecule has 1 aromatic heterocycles. The molecule has 5 heterocycles. The Morgan fingerprint density at radius 3 is 2.24 bits per heavy atom. The zero-order chi connectivity index (χ0) is 36.3. The van der Waals surface area contributed by atoms with Crippen LogP contribution in [-0.2, 0) is 0 Å². The summed E-state index contributed by atoms with van der Waals surface area (Å²) in [5.41, 5.74) is 15.9. The number of pyridine rings is 1. The second-order valence-electron chi connectivity index (χ2n) is 14.7. The molecule has 0 bridgehead atoms. The zero-order valence-electron chi connectivity index (χ0n) is 30.1. The highest BCUT2D eigenvalue weighted by atomic mass is 15.0. The third-order valence-corrected chi connectivity index (χ3v) is 11.3. The van der Waals surface area contributed by atoms with Gasteiger partial charge in [0.25, 0.3) is 0 Å². The maximum atomic E-state index is 5.25. The van der Waals surface area contributed by atoms with Crippen molar-refractivity contribution >= 4 is 62.2 Å². The average molecular weight is 708 g/mol. The van der Waals surface area contributed by atoms with Gasteiger partial charge in [0.2, 0.25) is 0 Å². The largest absolute Gasteiger partial charge is 0.374 e. The standard InChI is InChI=1S/C50H37N5/c1-2-5-31(6-3-1)42-23-20-34-10-11-35-21-24-44(55-50(35)49(34)54-42)40-17-15-36-27-37(13-14-38(36)28-40)39-12-8-32-18-22-43(52-47(32)29-39)41-16-9-33-19-25-46(53-48(33)30-41)45-7-4-26-51-45/h1-25,27-30,42,46-47,52-54H,26H2. The van der Waals surface area contributed by atoms with Gasteiger partial charge in [0.1, 0.15) is 0 Å². The molecular weight excluding hydrogens is 671 g/mol. The highest BCUT2D eigenvalue weighted by Gasteiger charge is 2.23. The van der Waals surface area contributed by atoms with Crippen molar-refractivity contribution < 1.29 is 0 Å². The summed E-state index contributed by atoms with van der Waals surface area (Å²) in [4.78, 5) is 9.87. The lowest BCUT2D eigenvalue weighted by Crippen LogP contribution is -2.31. The van der Waals surface area contributed by atoms with Crippen molar-refractivity contribution in [1.82, 2.24) is 10.3 Å². The van der Waals surface area contributed by atoms with Gasteiger partial charge in [-0.05, 0) is 86.2 Å². The average Bonchev–Trinajstić information content (AvgIpc) is 3.81. The number of fused-ring (bicyclic) bond motifs is 6. The highest BCUT2D eigenvalue weighted by molar-refractivity contribution is 6.05. The van der Waals surface area contributed by atoms with Gasteiger partial charge >= 0.3 is 0 Å². The number of rotatable bonds is 5. The van der Waals surface area contributed by atoms with Crippen molar-refractivity contribution in [3.8, 4) is 11.3 Å². The number of hydrogen-bond acceptors (Lipinski definition) is 5. The van der Waals surface area contributed by atoms with Crippen LogP contribution in [-0.4, -0.2) is 29.3 Å². The summed E-state index contributed by atoms with van der Waals surface area (Å²) in [5.74, 6) is 0. The fourth-order valence-electron chi connectivity index (χ4n) is 8.34. The Bertz CT molecular complexity index is 2830. The number of hydrogen-bond donors (Lipinski definition) is 3. The van der Waals surface area contributed by atoms with E-state index in [1.807, 2.05) is 0 Å². The second kappa shape index (κ2) is 12.9. The first-order chi connectivity index (χ1) is 27.2. The SMILES string of the molecule is C1=CC(C2C=Cc3ccc(C4=CC=C5C=CC(c6ccc7cc(-c8ccc9ccc%10c(c9n8)NC(c8ccccc8)C=C%10)ccc7c6)=CC5N4)cc3N2)=NC1. The molecule has 0 radical (unpaired) electrons. The summed E-state index contributed by atoms with van der Waals surface area (Å²) in [6, 6.07) is 39.7. The molecule has 0 fully saturated rings. The van der Waals surface area contributed by atoms with Gasteiger partial charge in [-0.15, -0.1) is 0 Å². The molecule has 11 rings (SSSR count). The molecule has 5 nitrogen and oxygen atoms in total. The molecule has 5 aromatic carbocycles. The molecule has 0 amide bonds. The van der Waals surface area contributed by atoms with Crippen LogP contribution in [0.15, 0.2) is 174 Å². The molecule has 3 N–H and O–H groups in total. The maximum Gasteiger partial charge on any atom is 0.0947 e. The summed E-state index contributed by atoms with van der Waals surface area (Å²) < 4.78 is 0. The molecule has 4 aliphatic heterocycles. The quantitative estimate of drug-likeness (QED) is 0.167. The van der Waals surface area contributed by atoms with Gasteiger partial charge in [0.15, 0.2) is 0 Å². The first kappa shape index (κ1) is 31.5. The molecule has 262 valence electrons. The van der Waals surface area contributed by atoms with Gasteiger partial charge < -0.3 is 16.0 Å². The van der Waals surface area contributed by atoms with Crippen LogP contribution >= 0.6 is 0 Å². The van der Waals surface area contributed by atoms with E-state index in [4.69, 9.17) is 4.98 Å². The second-order valence-corrected chi connectivity index (χ2v) is 14.7. The number of nitrogens with one attached hydrogen (secondary N) is 3. The lowest BCUT2D eigenvalue weighted by atomic mass is 9.89. The lowest BCUT2D eigenvalue weighted by molar-refractivity contribution is 0.815. The van der Waals surface area contributed by atoms with E-state index in [0.29, 0.717) is 0 Å². The van der Waals surface area contributed by atoms with Crippen LogP contribution in [0.1, 0.15) is 33.9 Å². The Hall–Kier alpha value is -6.98. The molecule has 55 heavy (non-hydrogen) atoms. The van der Waals surface area contributed by atoms with E-state index in [1.54, 1.807) is 0 Å². The molecule has 6 aromatic rings. The summed E-state index contributed by atoms with van der Waals surface area (Å²) in [5, 5.41) is 14.8. The Morgan fingerprint density at radius 1 is 0.564 bits per heavy atom. The molecule has 1 aliphatic carbocycles. The Kier molecular flexibility index (Phi) is 7.37. The minimum Gasteiger partial charge on any atom is -0.374 e.